The number of amides is 2. The lowest BCUT2D eigenvalue weighted by Gasteiger charge is -2.39. The minimum absolute atomic E-state index is 0.0355. The van der Waals surface area contributed by atoms with E-state index in [2.05, 4.69) is 119 Å². The van der Waals surface area contributed by atoms with Crippen LogP contribution in [0.3, 0.4) is 0 Å². The topological polar surface area (TPSA) is 344 Å². The van der Waals surface area contributed by atoms with Gasteiger partial charge in [-0.05, 0) is 221 Å². The van der Waals surface area contributed by atoms with Gasteiger partial charge >= 0.3 is 0 Å². The van der Waals surface area contributed by atoms with E-state index in [1.807, 2.05) is 40.7 Å². The minimum atomic E-state index is -4.66. The highest BCUT2D eigenvalue weighted by Gasteiger charge is 2.41. The number of halogens is 2. The van der Waals surface area contributed by atoms with Gasteiger partial charge in [0.2, 0.25) is 0 Å². The van der Waals surface area contributed by atoms with E-state index in [0.717, 1.165) is 174 Å². The molecule has 6 aliphatic heterocycles. The first-order valence-electron chi connectivity index (χ1n) is 44.7. The second-order valence-corrected chi connectivity index (χ2v) is 44.4. The predicted molar refractivity (Wildman–Crippen MR) is 511 cm³/mol. The summed E-state index contributed by atoms with van der Waals surface area (Å²) in [5.74, 6) is 3.60. The molecule has 10 aromatic rings. The molecule has 1 unspecified atom stereocenters. The number of hydrogen-bond donors (Lipinski definition) is 4. The van der Waals surface area contributed by atoms with Gasteiger partial charge in [-0.2, -0.15) is 0 Å². The molecule has 2 aliphatic carbocycles. The fourth-order valence-corrected chi connectivity index (χ4v) is 23.1. The molecule has 131 heavy (non-hydrogen) atoms. The quantitative estimate of drug-likeness (QED) is 0.0262. The van der Waals surface area contributed by atoms with E-state index in [1.165, 1.54) is 64.0 Å². The van der Waals surface area contributed by atoms with Crippen molar-refractivity contribution in [3.05, 3.63) is 233 Å². The fraction of sp³-hybridized carbons (Fsp3) is 0.412. The molecule has 4 saturated heterocycles. The molecule has 29 nitrogen and oxygen atoms in total. The van der Waals surface area contributed by atoms with E-state index in [0.29, 0.717) is 85.5 Å². The molecule has 3 atom stereocenters. The highest BCUT2D eigenvalue weighted by molar-refractivity contribution is 7.97. The van der Waals surface area contributed by atoms with Crippen LogP contribution in [0.1, 0.15) is 135 Å². The third kappa shape index (κ3) is 21.3. The number of carbonyl (C=O) groups excluding carboxylic acids is 2. The van der Waals surface area contributed by atoms with Crippen LogP contribution in [-0.2, 0) is 42.6 Å². The molecule has 18 rings (SSSR count). The normalized spacial score (nSPS) is 20.2. The number of likely N-dealkylation sites (tertiary alicyclic amines) is 1. The molecule has 690 valence electrons. The van der Waals surface area contributed by atoms with Crippen LogP contribution >= 0.6 is 23.2 Å². The minimum Gasteiger partial charge on any atom is -0.493 e. The average Bonchev–Trinajstić information content (AvgIpc) is 1.70. The Morgan fingerprint density at radius 1 is 0.534 bits per heavy atom. The second-order valence-electron chi connectivity index (χ2n) is 37.8. The maximum atomic E-state index is 14.1. The summed E-state index contributed by atoms with van der Waals surface area (Å²) in [5, 5.41) is 27.9. The number of rotatable bonds is 23. The number of piperazine rings is 2. The molecule has 0 spiro atoms. The number of fused-ring (bicyclic) bond motifs is 4. The van der Waals surface area contributed by atoms with Gasteiger partial charge in [-0.1, -0.05) is 86.3 Å². The van der Waals surface area contributed by atoms with Gasteiger partial charge in [0, 0.05) is 187 Å². The Labute approximate surface area is 773 Å². The van der Waals surface area contributed by atoms with Crippen molar-refractivity contribution in [1.82, 2.24) is 48.4 Å². The number of ether oxygens (including phenoxy) is 4. The Balaban J connectivity index is 0.000000183. The number of aromatic nitrogens is 4. The zero-order valence-corrected chi connectivity index (χ0v) is 78.4. The van der Waals surface area contributed by atoms with Gasteiger partial charge in [-0.3, -0.25) is 43.8 Å². The zero-order chi connectivity index (χ0) is 92.0. The summed E-state index contributed by atoms with van der Waals surface area (Å²) in [6, 6.07) is 38.3. The lowest BCUT2D eigenvalue weighted by atomic mass is 9.72. The number of sulfonamides is 2. The molecule has 0 bridgehead atoms. The average molecular weight is 1880 g/mol. The first-order valence-corrected chi connectivity index (χ1v) is 50.6. The summed E-state index contributed by atoms with van der Waals surface area (Å²) >= 11 is 12.5. The fourth-order valence-electron chi connectivity index (χ4n) is 19.8. The molecule has 4 N–H and O–H groups in total. The molecule has 0 radical (unpaired) electrons. The van der Waals surface area contributed by atoms with Gasteiger partial charge in [0.15, 0.2) is 0 Å². The van der Waals surface area contributed by atoms with Crippen LogP contribution in [0.4, 0.5) is 22.7 Å². The van der Waals surface area contributed by atoms with Crippen LogP contribution in [0, 0.1) is 54.7 Å². The van der Waals surface area contributed by atoms with Crippen molar-refractivity contribution < 1.29 is 59.4 Å². The zero-order valence-electron chi connectivity index (χ0n) is 74.4. The van der Waals surface area contributed by atoms with Gasteiger partial charge in [0.1, 0.15) is 45.8 Å². The van der Waals surface area contributed by atoms with Crippen LogP contribution in [0.25, 0.3) is 33.2 Å². The number of piperidine rings is 2. The van der Waals surface area contributed by atoms with Gasteiger partial charge in [-0.25, -0.2) is 40.6 Å². The van der Waals surface area contributed by atoms with Crippen molar-refractivity contribution in [1.29, 1.82) is 0 Å². The first kappa shape index (κ1) is 91.9. The molecule has 34 heteroatoms. The number of nitro benzene ring substituents is 2. The van der Waals surface area contributed by atoms with E-state index < -0.39 is 66.9 Å². The van der Waals surface area contributed by atoms with Crippen molar-refractivity contribution in [3.8, 4) is 34.5 Å². The monoisotopic (exact) mass is 1880 g/mol. The van der Waals surface area contributed by atoms with Crippen molar-refractivity contribution in [2.75, 3.05) is 128 Å². The predicted octanol–water partition coefficient (Wildman–Crippen LogP) is 17.1. The Bertz CT molecular complexity index is 6470. The highest BCUT2D eigenvalue weighted by atomic mass is 35.5. The molecule has 8 aliphatic rings. The molecular formula is C97H110Cl2N14O15S3. The number of hydrogen-bond acceptors (Lipinski definition) is 22. The Morgan fingerprint density at radius 2 is 0.931 bits per heavy atom. The summed E-state index contributed by atoms with van der Waals surface area (Å²) in [6.45, 7) is 20.9. The third-order valence-corrected chi connectivity index (χ3v) is 32.0. The molecule has 4 aromatic heterocycles. The summed E-state index contributed by atoms with van der Waals surface area (Å²) in [7, 11) is -9.53. The van der Waals surface area contributed by atoms with E-state index in [9.17, 15) is 50.9 Å². The van der Waals surface area contributed by atoms with Crippen molar-refractivity contribution in [2.24, 2.45) is 34.5 Å². The van der Waals surface area contributed by atoms with E-state index in [4.69, 9.17) is 42.1 Å². The number of allylic oxidation sites excluding steroid dienone is 2. The number of carbonyl (C=O) groups is 2. The third-order valence-electron chi connectivity index (χ3n) is 27.5. The van der Waals surface area contributed by atoms with E-state index in [1.54, 1.807) is 61.1 Å². The standard InChI is InChI=1S/C49H56ClN7O8S2.C48H54ClN7O7S/c1-49(2)15-11-35(43(28-49)33-5-7-37(50)8-6-33)30-54-19-21-55(22-20-54)38-9-10-41(46(25-38)65-39-23-34-12-16-51-47(34)52-29-39)48(58)53-67(62,63)40-26-44(57(59)60)42-24-36(31-64-45(42)27-40)32-13-17-56(18-14-32)66(3,4)61;1-48(2)14-10-34(42(27-48)32-4-6-36(49)7-5-32)29-54-18-20-55(21-19-54)37-8-9-40(45(24-37)63-38-22-33-11-15-50-46(33)51-28-38)47(57)52-64(60,61)39-25-43(56(58)59)41-23-35(30-62-44(41)26-39)31-12-16-53(3)17-13-31/h5-10,12,16,23,25-27,29,32,36H,3,11,13-15,17-22,24,28,30-31H2,1-2,4H3,(H,51,52)(H,53,58);4-9,11,15,22,24-26,28,31,35H,10,12-14,16-21,23,27,29-30H2,1-3H3,(H,50,51)(H,52,57)/t36-,66?;35-/m11/s1. The first-order chi connectivity index (χ1) is 62.6. The Hall–Kier alpha value is -10.9. The number of H-pyrrole nitrogens is 2. The van der Waals surface area contributed by atoms with Crippen LogP contribution < -0.4 is 38.2 Å². The lowest BCUT2D eigenvalue weighted by Crippen LogP contribution is -2.47. The van der Waals surface area contributed by atoms with Gasteiger partial charge < -0.3 is 43.6 Å². The maximum Gasteiger partial charge on any atom is 0.277 e. The van der Waals surface area contributed by atoms with Crippen LogP contribution in [0.2, 0.25) is 10.0 Å². The van der Waals surface area contributed by atoms with Crippen molar-refractivity contribution in [2.45, 2.75) is 115 Å². The molecule has 4 fully saturated rings. The van der Waals surface area contributed by atoms with Gasteiger partial charge in [0.05, 0.1) is 67.5 Å². The smallest absolute Gasteiger partial charge is 0.277 e. The SMILES string of the molecule is C=S(C)(=O)N1CCC([C@H]2COc3cc(S(=O)(=O)NC(=O)c4ccc(N5CCN(CC6=C(c7ccc(Cl)cc7)CC(C)(C)CC6)CC5)cc4Oc4cnc5[nH]ccc5c4)cc([N+](=O)[O-])c3C2)CC1.CN1CCC([C@H]2COc3cc(S(=O)(=O)NC(=O)c4ccc(N5CCN(CC6=C(c7ccc(Cl)cc7)CC(C)(C)CC6)CC5)cc4Oc4cnc5[nH]ccc5c4)cc([N+](=O)[O-])c3C2)CC1. The molecule has 0 saturated carbocycles. The highest BCUT2D eigenvalue weighted by Crippen LogP contribution is 2.49. The van der Waals surface area contributed by atoms with Gasteiger partial charge in [0.25, 0.3) is 43.2 Å². The number of nitrogens with zero attached hydrogens (tertiary/aromatic N) is 10. The van der Waals surface area contributed by atoms with E-state index in [-0.39, 0.29) is 75.0 Å². The Morgan fingerprint density at radius 3 is 1.32 bits per heavy atom. The summed E-state index contributed by atoms with van der Waals surface area (Å²) < 4.78 is 99.4. The maximum absolute atomic E-state index is 14.1. The number of pyridine rings is 2. The number of benzene rings is 6. The molecule has 6 aromatic carbocycles. The number of nitro groups is 2. The Kier molecular flexibility index (Phi) is 26.6. The van der Waals surface area contributed by atoms with Gasteiger partial charge in [-0.15, -0.1) is 0 Å². The number of anilines is 2. The number of nitrogens with one attached hydrogen (secondary N) is 4. The number of aromatic amines is 2. The lowest BCUT2D eigenvalue weighted by molar-refractivity contribution is -0.386. The van der Waals surface area contributed by atoms with E-state index >= 15 is 0 Å². The molecule has 10 heterocycles. The van der Waals surface area contributed by atoms with Crippen molar-refractivity contribution in [3.63, 3.8) is 0 Å². The summed E-state index contributed by atoms with van der Waals surface area (Å²) in [5.41, 5.74) is 11.4. The second kappa shape index (κ2) is 38.0. The van der Waals surface area contributed by atoms with Crippen molar-refractivity contribution >= 4 is 127 Å². The summed E-state index contributed by atoms with van der Waals surface area (Å²) in [6.07, 6.45) is 18.7. The van der Waals surface area contributed by atoms with Crippen LogP contribution in [0.5, 0.6) is 34.5 Å². The largest absolute Gasteiger partial charge is 0.493 e. The molecule has 2 amide bonds. The van der Waals surface area contributed by atoms with Crippen LogP contribution in [-0.4, -0.2) is 206 Å². The van der Waals surface area contributed by atoms with Crippen LogP contribution in [0.15, 0.2) is 179 Å². The molecular weight excluding hydrogens is 1770 g/mol. The summed E-state index contributed by atoms with van der Waals surface area (Å²) in [4.78, 5) is 77.6.